The second kappa shape index (κ2) is 10.3. The van der Waals surface area contributed by atoms with Crippen molar-refractivity contribution in [2.45, 2.75) is 51.5 Å². The van der Waals surface area contributed by atoms with Crippen LogP contribution in [0.1, 0.15) is 54.4 Å². The summed E-state index contributed by atoms with van der Waals surface area (Å²) >= 11 is 0. The van der Waals surface area contributed by atoms with Crippen LogP contribution in [0.3, 0.4) is 0 Å². The molecule has 0 spiro atoms. The van der Waals surface area contributed by atoms with Crippen molar-refractivity contribution in [3.8, 4) is 0 Å². The SMILES string of the molecule is Cc1cc(F)cc(C(=O)NCCNC2CCCCCC2)c1[N+](=O)[O-].Cl. The number of hydrogen-bond acceptors (Lipinski definition) is 4. The van der Waals surface area contributed by atoms with Gasteiger partial charge in [0.05, 0.1) is 4.92 Å². The molecule has 2 rings (SSSR count). The van der Waals surface area contributed by atoms with E-state index in [9.17, 15) is 19.3 Å². The fraction of sp³-hybridized carbons (Fsp3) is 0.588. The quantitative estimate of drug-likeness (QED) is 0.346. The second-order valence-electron chi connectivity index (χ2n) is 6.27. The van der Waals surface area contributed by atoms with Gasteiger partial charge in [-0.1, -0.05) is 25.7 Å². The van der Waals surface area contributed by atoms with Crippen molar-refractivity contribution in [1.29, 1.82) is 0 Å². The van der Waals surface area contributed by atoms with Crippen LogP contribution in [0.4, 0.5) is 10.1 Å². The van der Waals surface area contributed by atoms with Gasteiger partial charge in [0.15, 0.2) is 0 Å². The van der Waals surface area contributed by atoms with Gasteiger partial charge in [-0.3, -0.25) is 14.9 Å². The zero-order valence-corrected chi connectivity index (χ0v) is 15.2. The molecule has 25 heavy (non-hydrogen) atoms. The van der Waals surface area contributed by atoms with E-state index in [1.165, 1.54) is 32.6 Å². The van der Waals surface area contributed by atoms with Gasteiger partial charge in [-0.25, -0.2) is 4.39 Å². The zero-order valence-electron chi connectivity index (χ0n) is 14.3. The highest BCUT2D eigenvalue weighted by Gasteiger charge is 2.24. The predicted molar refractivity (Wildman–Crippen MR) is 96.9 cm³/mol. The molecule has 0 unspecified atom stereocenters. The van der Waals surface area contributed by atoms with E-state index in [1.807, 2.05) is 0 Å². The molecule has 1 amide bonds. The summed E-state index contributed by atoms with van der Waals surface area (Å²) in [5.74, 6) is -1.27. The van der Waals surface area contributed by atoms with E-state index in [0.29, 0.717) is 19.1 Å². The van der Waals surface area contributed by atoms with Crippen LogP contribution in [0.15, 0.2) is 12.1 Å². The Labute approximate surface area is 153 Å². The van der Waals surface area contributed by atoms with E-state index in [0.717, 1.165) is 25.0 Å². The Morgan fingerprint density at radius 2 is 1.88 bits per heavy atom. The molecule has 0 heterocycles. The van der Waals surface area contributed by atoms with E-state index in [1.54, 1.807) is 0 Å². The Morgan fingerprint density at radius 1 is 1.24 bits per heavy atom. The van der Waals surface area contributed by atoms with E-state index in [2.05, 4.69) is 10.6 Å². The van der Waals surface area contributed by atoms with E-state index >= 15 is 0 Å². The molecule has 1 aliphatic rings. The molecule has 1 aliphatic carbocycles. The Morgan fingerprint density at radius 3 is 2.48 bits per heavy atom. The molecule has 0 aliphatic heterocycles. The summed E-state index contributed by atoms with van der Waals surface area (Å²) in [5, 5.41) is 17.2. The lowest BCUT2D eigenvalue weighted by Crippen LogP contribution is -2.37. The number of carbonyl (C=O) groups excluding carboxylic acids is 1. The standard InChI is InChI=1S/C17H24FN3O3.ClH/c1-12-10-13(18)11-15(16(12)21(23)24)17(22)20-9-8-19-14-6-4-2-3-5-7-14;/h10-11,14,19H,2-9H2,1H3,(H,20,22);1H. The van der Waals surface area contributed by atoms with E-state index < -0.39 is 16.6 Å². The number of rotatable bonds is 6. The normalized spacial score (nSPS) is 15.1. The molecule has 0 saturated heterocycles. The van der Waals surface area contributed by atoms with Gasteiger partial charge in [-0.05, 0) is 31.9 Å². The molecule has 1 aromatic carbocycles. The van der Waals surface area contributed by atoms with Crippen LogP contribution in [0.2, 0.25) is 0 Å². The fourth-order valence-corrected chi connectivity index (χ4v) is 3.18. The average molecular weight is 374 g/mol. The first-order valence-electron chi connectivity index (χ1n) is 8.45. The molecule has 1 fully saturated rings. The lowest BCUT2D eigenvalue weighted by Gasteiger charge is -2.16. The largest absolute Gasteiger partial charge is 0.351 e. The number of benzene rings is 1. The summed E-state index contributed by atoms with van der Waals surface area (Å²) in [5.41, 5.74) is -0.431. The van der Waals surface area contributed by atoms with Crippen molar-refractivity contribution in [3.05, 3.63) is 39.2 Å². The minimum Gasteiger partial charge on any atom is -0.351 e. The fourth-order valence-electron chi connectivity index (χ4n) is 3.18. The number of halogens is 2. The smallest absolute Gasteiger partial charge is 0.285 e. The van der Waals surface area contributed by atoms with Crippen LogP contribution in [0.25, 0.3) is 0 Å². The van der Waals surface area contributed by atoms with Gasteiger partial charge in [0, 0.05) is 24.7 Å². The third-order valence-corrected chi connectivity index (χ3v) is 4.39. The number of nitrogens with zero attached hydrogens (tertiary/aromatic N) is 1. The van der Waals surface area contributed by atoms with Crippen LogP contribution in [-0.2, 0) is 0 Å². The monoisotopic (exact) mass is 373 g/mol. The van der Waals surface area contributed by atoms with Crippen molar-refractivity contribution < 1.29 is 14.1 Å². The zero-order chi connectivity index (χ0) is 17.5. The van der Waals surface area contributed by atoms with Gasteiger partial charge in [0.2, 0.25) is 0 Å². The minimum atomic E-state index is -0.653. The Balaban J connectivity index is 0.00000312. The van der Waals surface area contributed by atoms with Gasteiger partial charge in [-0.15, -0.1) is 12.4 Å². The maximum atomic E-state index is 13.5. The van der Waals surface area contributed by atoms with Crippen molar-refractivity contribution in [3.63, 3.8) is 0 Å². The number of hydrogen-bond donors (Lipinski definition) is 2. The van der Waals surface area contributed by atoms with Gasteiger partial charge in [0.1, 0.15) is 11.4 Å². The first-order chi connectivity index (χ1) is 11.5. The number of aryl methyl sites for hydroxylation is 1. The van der Waals surface area contributed by atoms with Crippen LogP contribution in [0, 0.1) is 22.9 Å². The van der Waals surface area contributed by atoms with Crippen molar-refractivity contribution in [2.75, 3.05) is 13.1 Å². The lowest BCUT2D eigenvalue weighted by molar-refractivity contribution is -0.385. The second-order valence-corrected chi connectivity index (χ2v) is 6.27. The molecule has 0 aromatic heterocycles. The molecule has 1 aromatic rings. The first kappa shape index (κ1) is 21.3. The molecule has 0 atom stereocenters. The van der Waals surface area contributed by atoms with Gasteiger partial charge < -0.3 is 10.6 Å². The average Bonchev–Trinajstić information content (AvgIpc) is 2.78. The Bertz CT molecular complexity index is 605. The summed E-state index contributed by atoms with van der Waals surface area (Å²) in [6, 6.07) is 2.44. The Hall–Kier alpha value is -1.73. The summed E-state index contributed by atoms with van der Waals surface area (Å²) in [4.78, 5) is 22.6. The van der Waals surface area contributed by atoms with Crippen LogP contribution in [0.5, 0.6) is 0 Å². The maximum Gasteiger partial charge on any atom is 0.285 e. The highest BCUT2D eigenvalue weighted by molar-refractivity contribution is 5.98. The molecule has 2 N–H and O–H groups in total. The Kier molecular flexibility index (Phi) is 8.78. The maximum absolute atomic E-state index is 13.5. The highest BCUT2D eigenvalue weighted by Crippen LogP contribution is 2.24. The van der Waals surface area contributed by atoms with Crippen molar-refractivity contribution in [2.24, 2.45) is 0 Å². The van der Waals surface area contributed by atoms with Crippen molar-refractivity contribution in [1.82, 2.24) is 10.6 Å². The van der Waals surface area contributed by atoms with Crippen LogP contribution in [-0.4, -0.2) is 30.0 Å². The summed E-state index contributed by atoms with van der Waals surface area (Å²) < 4.78 is 13.5. The summed E-state index contributed by atoms with van der Waals surface area (Å²) in [7, 11) is 0. The molecule has 140 valence electrons. The third kappa shape index (κ3) is 6.25. The number of nitro groups is 1. The third-order valence-electron chi connectivity index (χ3n) is 4.39. The molecule has 0 radical (unpaired) electrons. The number of nitrogens with one attached hydrogen (secondary N) is 2. The molecular weight excluding hydrogens is 349 g/mol. The van der Waals surface area contributed by atoms with Crippen molar-refractivity contribution >= 4 is 24.0 Å². The molecule has 0 bridgehead atoms. The molecular formula is C17H25ClFN3O3. The molecule has 1 saturated carbocycles. The highest BCUT2D eigenvalue weighted by atomic mass is 35.5. The van der Waals surface area contributed by atoms with Crippen LogP contribution >= 0.6 is 12.4 Å². The van der Waals surface area contributed by atoms with E-state index in [4.69, 9.17) is 0 Å². The van der Waals surface area contributed by atoms with E-state index in [-0.39, 0.29) is 29.2 Å². The predicted octanol–water partition coefficient (Wildman–Crippen LogP) is 3.51. The first-order valence-corrected chi connectivity index (χ1v) is 8.45. The van der Waals surface area contributed by atoms with Crippen LogP contribution < -0.4 is 10.6 Å². The number of carbonyl (C=O) groups is 1. The number of amides is 1. The number of nitro benzene ring substituents is 1. The molecule has 8 heteroatoms. The van der Waals surface area contributed by atoms with Gasteiger partial charge >= 0.3 is 0 Å². The van der Waals surface area contributed by atoms with Gasteiger partial charge in [0.25, 0.3) is 11.6 Å². The topological polar surface area (TPSA) is 84.3 Å². The molecule has 6 nitrogen and oxygen atoms in total. The minimum absolute atomic E-state index is 0. The summed E-state index contributed by atoms with van der Waals surface area (Å²) in [6.45, 7) is 2.37. The lowest BCUT2D eigenvalue weighted by atomic mass is 10.1. The van der Waals surface area contributed by atoms with Gasteiger partial charge in [-0.2, -0.15) is 0 Å². The summed E-state index contributed by atoms with van der Waals surface area (Å²) in [6.07, 6.45) is 7.28.